The van der Waals surface area contributed by atoms with Crippen molar-refractivity contribution in [3.63, 3.8) is 0 Å². The first-order chi connectivity index (χ1) is 7.81. The van der Waals surface area contributed by atoms with Crippen LogP contribution in [0.3, 0.4) is 0 Å². The van der Waals surface area contributed by atoms with Gasteiger partial charge >= 0.3 is 0 Å². The van der Waals surface area contributed by atoms with Crippen molar-refractivity contribution in [3.8, 4) is 0 Å². The molecule has 0 unspecified atom stereocenters. The number of carbonyl (C=O) groups excluding carboxylic acids is 1. The van der Waals surface area contributed by atoms with Gasteiger partial charge in [-0.2, -0.15) is 0 Å². The third-order valence-corrected chi connectivity index (χ3v) is 5.60. The Hall–Kier alpha value is -0.480. The van der Waals surface area contributed by atoms with E-state index in [4.69, 9.17) is 0 Å². The van der Waals surface area contributed by atoms with E-state index in [1.807, 2.05) is 10.6 Å². The maximum atomic E-state index is 12.2. The zero-order valence-corrected chi connectivity index (χ0v) is 11.0. The van der Waals surface area contributed by atoms with E-state index in [1.54, 1.807) is 23.3 Å². The molecule has 0 fully saturated rings. The number of hydrogen-bond acceptors (Lipinski definition) is 3. The molecule has 0 bridgehead atoms. The van der Waals surface area contributed by atoms with Crippen LogP contribution in [0.4, 0.5) is 0 Å². The van der Waals surface area contributed by atoms with Crippen LogP contribution in [0.5, 0.6) is 0 Å². The highest BCUT2D eigenvalue weighted by Crippen LogP contribution is 2.38. The summed E-state index contributed by atoms with van der Waals surface area (Å²) >= 11 is 3.31. The van der Waals surface area contributed by atoms with Gasteiger partial charge in [-0.1, -0.05) is 11.9 Å². The van der Waals surface area contributed by atoms with E-state index >= 15 is 0 Å². The summed E-state index contributed by atoms with van der Waals surface area (Å²) in [4.78, 5) is 14.7. The lowest BCUT2D eigenvalue weighted by atomic mass is 9.92. The molecule has 86 valence electrons. The number of rotatable bonds is 1. The number of carbonyl (C=O) groups is 1. The Labute approximate surface area is 104 Å². The largest absolute Gasteiger partial charge is 0.282 e. The van der Waals surface area contributed by atoms with Crippen LogP contribution in [-0.4, -0.2) is 23.0 Å². The Kier molecular flexibility index (Phi) is 2.72. The first-order valence-corrected chi connectivity index (χ1v) is 7.80. The quantitative estimate of drug-likeness (QED) is 0.717. The second-order valence-electron chi connectivity index (χ2n) is 4.36. The van der Waals surface area contributed by atoms with Crippen molar-refractivity contribution in [3.05, 3.63) is 20.9 Å². The van der Waals surface area contributed by atoms with Gasteiger partial charge < -0.3 is 0 Å². The van der Waals surface area contributed by atoms with Gasteiger partial charge in [-0.3, -0.25) is 9.10 Å². The summed E-state index contributed by atoms with van der Waals surface area (Å²) in [6.45, 7) is 0.885. The van der Waals surface area contributed by atoms with Gasteiger partial charge in [-0.05, 0) is 43.2 Å². The Morgan fingerprint density at radius 1 is 1.19 bits per heavy atom. The van der Waals surface area contributed by atoms with Crippen LogP contribution in [0.15, 0.2) is 0 Å². The maximum Gasteiger partial charge on any atom is 0.274 e. The van der Waals surface area contributed by atoms with Crippen molar-refractivity contribution in [2.75, 3.05) is 12.8 Å². The number of hydrogen-bond donors (Lipinski definition) is 0. The summed E-state index contributed by atoms with van der Waals surface area (Å²) in [5.41, 5.74) is 2.91. The molecule has 1 amide bonds. The van der Waals surface area contributed by atoms with E-state index in [1.165, 1.54) is 41.7 Å². The van der Waals surface area contributed by atoms with Gasteiger partial charge in [-0.25, -0.2) is 0 Å². The molecule has 2 heterocycles. The van der Waals surface area contributed by atoms with E-state index in [2.05, 4.69) is 0 Å². The van der Waals surface area contributed by atoms with Crippen LogP contribution < -0.4 is 0 Å². The second-order valence-corrected chi connectivity index (χ2v) is 6.27. The van der Waals surface area contributed by atoms with E-state index < -0.39 is 0 Å². The van der Waals surface area contributed by atoms with E-state index in [0.29, 0.717) is 0 Å². The second kappa shape index (κ2) is 4.08. The zero-order valence-electron chi connectivity index (χ0n) is 9.41. The van der Waals surface area contributed by atoms with Crippen molar-refractivity contribution >= 4 is 29.2 Å². The van der Waals surface area contributed by atoms with Gasteiger partial charge in [-0.15, -0.1) is 11.3 Å². The Balaban J connectivity index is 2.05. The standard InChI is InChI=1S/C12H15NOS2/c1-15-13-7-6-9-8-4-2-3-5-10(8)16-11(9)12(13)14/h2-7H2,1H3. The lowest BCUT2D eigenvalue weighted by molar-refractivity contribution is 0.0866. The Bertz CT molecular complexity index is 438. The predicted molar refractivity (Wildman–Crippen MR) is 69.2 cm³/mol. The van der Waals surface area contributed by atoms with Crippen LogP contribution in [0.1, 0.15) is 38.5 Å². The minimum absolute atomic E-state index is 0.244. The van der Waals surface area contributed by atoms with Gasteiger partial charge in [0.05, 0.1) is 4.88 Å². The lowest BCUT2D eigenvalue weighted by Crippen LogP contribution is -2.31. The van der Waals surface area contributed by atoms with Crippen LogP contribution >= 0.6 is 23.3 Å². The summed E-state index contributed by atoms with van der Waals surface area (Å²) in [6.07, 6.45) is 8.04. The summed E-state index contributed by atoms with van der Waals surface area (Å²) in [7, 11) is 0. The molecule has 0 atom stereocenters. The third kappa shape index (κ3) is 1.51. The smallest absolute Gasteiger partial charge is 0.274 e. The van der Waals surface area contributed by atoms with Gasteiger partial charge in [0.25, 0.3) is 5.91 Å². The number of fused-ring (bicyclic) bond motifs is 3. The van der Waals surface area contributed by atoms with Crippen LogP contribution in [0.2, 0.25) is 0 Å². The molecule has 2 aliphatic rings. The highest BCUT2D eigenvalue weighted by atomic mass is 32.2. The lowest BCUT2D eigenvalue weighted by Gasteiger charge is -2.24. The maximum absolute atomic E-state index is 12.2. The predicted octanol–water partition coefficient (Wildman–Crippen LogP) is 2.90. The van der Waals surface area contributed by atoms with Crippen molar-refractivity contribution in [1.82, 2.24) is 4.31 Å². The highest BCUT2D eigenvalue weighted by molar-refractivity contribution is 7.96. The van der Waals surface area contributed by atoms with Crippen LogP contribution in [-0.2, 0) is 19.3 Å². The topological polar surface area (TPSA) is 20.3 Å². The number of nitrogens with zero attached hydrogens (tertiary/aromatic N) is 1. The van der Waals surface area contributed by atoms with E-state index in [-0.39, 0.29) is 5.91 Å². The summed E-state index contributed by atoms with van der Waals surface area (Å²) in [5, 5.41) is 0. The summed E-state index contributed by atoms with van der Waals surface area (Å²) in [6, 6.07) is 0. The van der Waals surface area contributed by atoms with Gasteiger partial charge in [0.15, 0.2) is 0 Å². The van der Waals surface area contributed by atoms with Crippen LogP contribution in [0, 0.1) is 0 Å². The Morgan fingerprint density at radius 2 is 2.00 bits per heavy atom. The molecular formula is C12H15NOS2. The Morgan fingerprint density at radius 3 is 2.81 bits per heavy atom. The van der Waals surface area contributed by atoms with Crippen molar-refractivity contribution < 1.29 is 4.79 Å². The van der Waals surface area contributed by atoms with Crippen molar-refractivity contribution in [1.29, 1.82) is 0 Å². The zero-order chi connectivity index (χ0) is 11.1. The molecule has 2 nitrogen and oxygen atoms in total. The van der Waals surface area contributed by atoms with Crippen molar-refractivity contribution in [2.45, 2.75) is 32.1 Å². The SMILES string of the molecule is CSN1CCc2c(sc3c2CCCC3)C1=O. The fourth-order valence-corrected chi connectivity index (χ4v) is 4.65. The first kappa shape index (κ1) is 10.7. The van der Waals surface area contributed by atoms with Crippen LogP contribution in [0.25, 0.3) is 0 Å². The van der Waals surface area contributed by atoms with Gasteiger partial charge in [0.1, 0.15) is 0 Å². The molecule has 0 N–H and O–H groups in total. The molecule has 16 heavy (non-hydrogen) atoms. The summed E-state index contributed by atoms with van der Waals surface area (Å²) in [5.74, 6) is 0.244. The molecule has 1 aliphatic heterocycles. The number of thiophene rings is 1. The molecule has 1 aromatic heterocycles. The molecule has 0 saturated carbocycles. The van der Waals surface area contributed by atoms with Gasteiger partial charge in [0.2, 0.25) is 0 Å². The highest BCUT2D eigenvalue weighted by Gasteiger charge is 2.30. The van der Waals surface area contributed by atoms with E-state index in [9.17, 15) is 4.79 Å². The molecular weight excluding hydrogens is 238 g/mol. The van der Waals surface area contributed by atoms with E-state index in [0.717, 1.165) is 17.8 Å². The average molecular weight is 253 g/mol. The molecule has 4 heteroatoms. The number of amides is 1. The van der Waals surface area contributed by atoms with Crippen molar-refractivity contribution in [2.24, 2.45) is 0 Å². The first-order valence-electron chi connectivity index (χ1n) is 5.80. The normalized spacial score (nSPS) is 19.6. The molecule has 1 aromatic rings. The minimum Gasteiger partial charge on any atom is -0.282 e. The summed E-state index contributed by atoms with van der Waals surface area (Å²) < 4.78 is 1.89. The molecule has 0 radical (unpaired) electrons. The fraction of sp³-hybridized carbons (Fsp3) is 0.583. The minimum atomic E-state index is 0.244. The molecule has 0 spiro atoms. The fourth-order valence-electron chi connectivity index (χ4n) is 2.67. The van der Waals surface area contributed by atoms with Gasteiger partial charge in [0, 0.05) is 17.7 Å². The molecule has 0 aromatic carbocycles. The molecule has 3 rings (SSSR count). The molecule has 0 saturated heterocycles. The monoisotopic (exact) mass is 253 g/mol. The average Bonchev–Trinajstić information content (AvgIpc) is 2.69. The molecule has 1 aliphatic carbocycles. The third-order valence-electron chi connectivity index (χ3n) is 3.49. The number of aryl methyl sites for hydroxylation is 1.